The fourth-order valence-corrected chi connectivity index (χ4v) is 7.28. The number of aromatic amines is 2. The molecule has 8 nitrogen and oxygen atoms in total. The van der Waals surface area contributed by atoms with Crippen LogP contribution < -0.4 is 0 Å². The predicted molar refractivity (Wildman–Crippen MR) is 158 cm³/mol. The van der Waals surface area contributed by atoms with Gasteiger partial charge in [-0.3, -0.25) is 14.6 Å². The number of hydrogen-bond acceptors (Lipinski definition) is 6. The number of carbonyl (C=O) groups is 1. The van der Waals surface area contributed by atoms with Crippen molar-refractivity contribution in [3.05, 3.63) is 93.7 Å². The van der Waals surface area contributed by atoms with Gasteiger partial charge >= 0.3 is 0 Å². The van der Waals surface area contributed by atoms with E-state index in [1.807, 2.05) is 23.5 Å². The van der Waals surface area contributed by atoms with Crippen molar-refractivity contribution in [2.24, 2.45) is 5.41 Å². The van der Waals surface area contributed by atoms with Crippen LogP contribution in [0.1, 0.15) is 63.7 Å². The minimum Gasteiger partial charge on any atom is -0.347 e. The molecule has 5 heterocycles. The van der Waals surface area contributed by atoms with Gasteiger partial charge in [0.25, 0.3) is 5.91 Å². The average molecular weight is 558 g/mol. The molecule has 4 aromatic rings. The number of thiophene rings is 1. The number of amides is 1. The number of likely N-dealkylation sites (tertiary alicyclic amines) is 2. The molecule has 2 aliphatic heterocycles. The van der Waals surface area contributed by atoms with E-state index in [0.717, 1.165) is 31.3 Å². The Balaban J connectivity index is 1.05. The lowest BCUT2D eigenvalue weighted by atomic mass is 9.72. The van der Waals surface area contributed by atoms with Crippen LogP contribution in [0, 0.1) is 12.3 Å². The number of benzene rings is 1. The molecule has 2 N–H and O–H groups in total. The molecule has 2 saturated heterocycles. The van der Waals surface area contributed by atoms with Crippen molar-refractivity contribution in [1.29, 1.82) is 0 Å². The summed E-state index contributed by atoms with van der Waals surface area (Å²) in [5.74, 6) is 1.48. The Labute approximate surface area is 240 Å². The van der Waals surface area contributed by atoms with Crippen LogP contribution in [0.3, 0.4) is 0 Å². The maximum Gasteiger partial charge on any atom is 0.254 e. The summed E-state index contributed by atoms with van der Waals surface area (Å²) in [6.07, 6.45) is 12.2. The first-order valence-electron chi connectivity index (χ1n) is 14.4. The van der Waals surface area contributed by atoms with E-state index < -0.39 is 0 Å². The van der Waals surface area contributed by atoms with Crippen molar-refractivity contribution in [3.63, 3.8) is 0 Å². The van der Waals surface area contributed by atoms with E-state index in [1.165, 1.54) is 61.3 Å². The smallest absolute Gasteiger partial charge is 0.254 e. The van der Waals surface area contributed by atoms with E-state index >= 15 is 0 Å². The van der Waals surface area contributed by atoms with Gasteiger partial charge in [-0.2, -0.15) is 0 Å². The maximum atomic E-state index is 13.5. The van der Waals surface area contributed by atoms with Gasteiger partial charge in [-0.15, -0.1) is 11.3 Å². The van der Waals surface area contributed by atoms with Gasteiger partial charge < -0.3 is 14.9 Å². The molecule has 0 radical (unpaired) electrons. The van der Waals surface area contributed by atoms with Crippen LogP contribution in [0.2, 0.25) is 0 Å². The first-order valence-corrected chi connectivity index (χ1v) is 15.3. The lowest BCUT2D eigenvalue weighted by Gasteiger charge is -2.48. The molecule has 2 fully saturated rings. The molecule has 2 aliphatic rings. The van der Waals surface area contributed by atoms with Gasteiger partial charge in [0, 0.05) is 54.9 Å². The van der Waals surface area contributed by atoms with E-state index in [-0.39, 0.29) is 5.91 Å². The van der Waals surface area contributed by atoms with Crippen LogP contribution in [-0.4, -0.2) is 66.7 Å². The Morgan fingerprint density at radius 2 is 1.62 bits per heavy atom. The van der Waals surface area contributed by atoms with Crippen molar-refractivity contribution in [1.82, 2.24) is 34.6 Å². The quantitative estimate of drug-likeness (QED) is 0.295. The summed E-state index contributed by atoms with van der Waals surface area (Å²) in [5, 5.41) is 2.22. The summed E-state index contributed by atoms with van der Waals surface area (Å²) in [6.45, 7) is 9.81. The van der Waals surface area contributed by atoms with Crippen LogP contribution >= 0.6 is 11.3 Å². The SMILES string of the molecule is Cc1ccsc1CN1CCC2(CCCN(Cc3ccc(C(=O)N(Cc4ncc[nH]4)Cc4ncc[nH]4)cc3)C2)CC1. The van der Waals surface area contributed by atoms with E-state index in [0.29, 0.717) is 24.1 Å². The Kier molecular flexibility index (Phi) is 8.13. The summed E-state index contributed by atoms with van der Waals surface area (Å²) in [6, 6.07) is 10.4. The molecule has 0 unspecified atom stereocenters. The summed E-state index contributed by atoms with van der Waals surface area (Å²) >= 11 is 1.90. The molecule has 0 atom stereocenters. The molecule has 3 aromatic heterocycles. The second-order valence-corrected chi connectivity index (χ2v) is 12.5. The van der Waals surface area contributed by atoms with Crippen molar-refractivity contribution in [2.75, 3.05) is 26.2 Å². The number of piperidine rings is 2. The lowest BCUT2D eigenvalue weighted by Crippen LogP contribution is -2.49. The average Bonchev–Trinajstić information content (AvgIpc) is 3.75. The topological polar surface area (TPSA) is 84.2 Å². The van der Waals surface area contributed by atoms with Crippen LogP contribution in [0.5, 0.6) is 0 Å². The Morgan fingerprint density at radius 3 is 2.23 bits per heavy atom. The zero-order valence-corrected chi connectivity index (χ0v) is 24.1. The van der Waals surface area contributed by atoms with Crippen molar-refractivity contribution < 1.29 is 4.79 Å². The number of carbonyl (C=O) groups excluding carboxylic acids is 1. The maximum absolute atomic E-state index is 13.5. The number of H-pyrrole nitrogens is 2. The summed E-state index contributed by atoms with van der Waals surface area (Å²) in [4.78, 5) is 36.9. The molecular formula is C31H39N7OS. The molecule has 1 spiro atoms. The number of aromatic nitrogens is 4. The van der Waals surface area contributed by atoms with Gasteiger partial charge in [-0.05, 0) is 92.4 Å². The third-order valence-corrected chi connectivity index (χ3v) is 9.69. The Hall–Kier alpha value is -3.27. The van der Waals surface area contributed by atoms with Crippen LogP contribution in [-0.2, 0) is 26.2 Å². The number of hydrogen-bond donors (Lipinski definition) is 2. The number of imidazole rings is 2. The number of aryl methyl sites for hydroxylation is 1. The molecule has 210 valence electrons. The van der Waals surface area contributed by atoms with Crippen LogP contribution in [0.15, 0.2) is 60.5 Å². The zero-order chi connectivity index (χ0) is 27.4. The Morgan fingerprint density at radius 1 is 0.925 bits per heavy atom. The fraction of sp³-hybridized carbons (Fsp3) is 0.452. The molecule has 1 aromatic carbocycles. The molecule has 6 rings (SSSR count). The predicted octanol–water partition coefficient (Wildman–Crippen LogP) is 5.22. The van der Waals surface area contributed by atoms with Crippen LogP contribution in [0.25, 0.3) is 0 Å². The number of nitrogens with zero attached hydrogens (tertiary/aromatic N) is 5. The van der Waals surface area contributed by atoms with Gasteiger partial charge in [0.05, 0.1) is 13.1 Å². The van der Waals surface area contributed by atoms with Gasteiger partial charge in [0.1, 0.15) is 11.6 Å². The summed E-state index contributed by atoms with van der Waals surface area (Å²) < 4.78 is 0. The van der Waals surface area contributed by atoms with E-state index in [1.54, 1.807) is 29.7 Å². The minimum absolute atomic E-state index is 0.0271. The Bertz CT molecular complexity index is 1320. The molecule has 0 bridgehead atoms. The summed E-state index contributed by atoms with van der Waals surface area (Å²) in [5.41, 5.74) is 3.84. The summed E-state index contributed by atoms with van der Waals surface area (Å²) in [7, 11) is 0. The third kappa shape index (κ3) is 6.37. The molecule has 1 amide bonds. The molecule has 0 aliphatic carbocycles. The van der Waals surface area contributed by atoms with E-state index in [4.69, 9.17) is 0 Å². The van der Waals surface area contributed by atoms with Gasteiger partial charge in [-0.25, -0.2) is 9.97 Å². The third-order valence-electron chi connectivity index (χ3n) is 8.68. The molecule has 9 heteroatoms. The van der Waals surface area contributed by atoms with Crippen molar-refractivity contribution in [2.45, 2.75) is 58.8 Å². The molecule has 0 saturated carbocycles. The zero-order valence-electron chi connectivity index (χ0n) is 23.3. The molecular weight excluding hydrogens is 518 g/mol. The fourth-order valence-electron chi connectivity index (χ4n) is 6.33. The minimum atomic E-state index is -0.0271. The first kappa shape index (κ1) is 26.9. The lowest BCUT2D eigenvalue weighted by molar-refractivity contribution is 0.0188. The van der Waals surface area contributed by atoms with Gasteiger partial charge in [-0.1, -0.05) is 12.1 Å². The normalized spacial score (nSPS) is 17.8. The highest BCUT2D eigenvalue weighted by atomic mass is 32.1. The standard InChI is InChI=1S/C31H39N7OS/c1-24-7-18-40-27(24)20-36-16-9-31(10-17-36)8-2-15-37(23-31)19-25-3-5-26(6-4-25)30(39)38(21-28-32-11-12-33-28)22-29-34-13-14-35-29/h3-7,11-14,18H,2,8-10,15-17,19-23H2,1H3,(H,32,33)(H,34,35). The molecule has 40 heavy (non-hydrogen) atoms. The highest BCUT2D eigenvalue weighted by Crippen LogP contribution is 2.40. The van der Waals surface area contributed by atoms with Gasteiger partial charge in [0.15, 0.2) is 0 Å². The second-order valence-electron chi connectivity index (χ2n) is 11.5. The van der Waals surface area contributed by atoms with E-state index in [2.05, 4.69) is 60.2 Å². The highest BCUT2D eigenvalue weighted by molar-refractivity contribution is 7.10. The van der Waals surface area contributed by atoms with Gasteiger partial charge in [0.2, 0.25) is 0 Å². The number of rotatable bonds is 9. The van der Waals surface area contributed by atoms with Crippen molar-refractivity contribution in [3.8, 4) is 0 Å². The largest absolute Gasteiger partial charge is 0.347 e. The second kappa shape index (κ2) is 12.1. The van der Waals surface area contributed by atoms with Crippen LogP contribution in [0.4, 0.5) is 0 Å². The van der Waals surface area contributed by atoms with Crippen molar-refractivity contribution >= 4 is 17.2 Å². The number of nitrogens with one attached hydrogen (secondary N) is 2. The monoisotopic (exact) mass is 557 g/mol. The first-order chi connectivity index (χ1) is 19.6. The highest BCUT2D eigenvalue weighted by Gasteiger charge is 2.38. The van der Waals surface area contributed by atoms with E-state index in [9.17, 15) is 4.79 Å².